The maximum Gasteiger partial charge on any atom is 0.319 e. The van der Waals surface area contributed by atoms with E-state index in [-0.39, 0.29) is 11.9 Å². The van der Waals surface area contributed by atoms with Gasteiger partial charge in [0.25, 0.3) is 0 Å². The highest BCUT2D eigenvalue weighted by Gasteiger charge is 2.32. The number of aryl methyl sites for hydroxylation is 1. The van der Waals surface area contributed by atoms with Gasteiger partial charge in [0.15, 0.2) is 0 Å². The molecular formula is C20H23N5OS. The van der Waals surface area contributed by atoms with Gasteiger partial charge < -0.3 is 14.4 Å². The summed E-state index contributed by atoms with van der Waals surface area (Å²) in [5.41, 5.74) is 3.48. The first-order valence-corrected chi connectivity index (χ1v) is 9.87. The molecule has 4 rings (SSSR count). The van der Waals surface area contributed by atoms with Crippen LogP contribution in [0.4, 0.5) is 4.79 Å². The van der Waals surface area contributed by atoms with Gasteiger partial charge in [-0.25, -0.2) is 14.8 Å². The number of fused-ring (bicyclic) bond motifs is 1. The lowest BCUT2D eigenvalue weighted by Gasteiger charge is -2.36. The fourth-order valence-corrected chi connectivity index (χ4v) is 4.28. The first kappa shape index (κ1) is 17.7. The zero-order chi connectivity index (χ0) is 19.0. The highest BCUT2D eigenvalue weighted by atomic mass is 32.1. The largest absolute Gasteiger partial charge is 0.331 e. The molecule has 0 N–H and O–H groups in total. The molecule has 7 heteroatoms. The first-order chi connectivity index (χ1) is 13.0. The van der Waals surface area contributed by atoms with Gasteiger partial charge in [0.05, 0.1) is 23.2 Å². The van der Waals surface area contributed by atoms with E-state index >= 15 is 0 Å². The van der Waals surface area contributed by atoms with Crippen molar-refractivity contribution >= 4 is 17.4 Å². The maximum absolute atomic E-state index is 12.6. The summed E-state index contributed by atoms with van der Waals surface area (Å²) in [6.07, 6.45) is 3.84. The zero-order valence-electron chi connectivity index (χ0n) is 15.8. The van der Waals surface area contributed by atoms with E-state index in [1.54, 1.807) is 30.3 Å². The molecule has 0 bridgehead atoms. The minimum absolute atomic E-state index is 0.0303. The molecule has 0 saturated heterocycles. The number of rotatable bonds is 3. The number of hydrogen-bond donors (Lipinski definition) is 0. The predicted molar refractivity (Wildman–Crippen MR) is 106 cm³/mol. The number of benzene rings is 1. The van der Waals surface area contributed by atoms with Crippen LogP contribution in [0.2, 0.25) is 0 Å². The Bertz CT molecular complexity index is 961. The number of nitrogens with zero attached hydrogens (tertiary/aromatic N) is 5. The first-order valence-electron chi connectivity index (χ1n) is 8.99. The number of thiazole rings is 1. The summed E-state index contributed by atoms with van der Waals surface area (Å²) < 4.78 is 2.15. The zero-order valence-corrected chi connectivity index (χ0v) is 16.6. The topological polar surface area (TPSA) is 54.3 Å². The second kappa shape index (κ2) is 7.15. The number of imidazole rings is 1. The van der Waals surface area contributed by atoms with Crippen LogP contribution in [0.15, 0.2) is 42.0 Å². The number of carbonyl (C=O) groups excluding carboxylic acids is 1. The van der Waals surface area contributed by atoms with Crippen molar-refractivity contribution in [3.8, 4) is 0 Å². The maximum atomic E-state index is 12.6. The summed E-state index contributed by atoms with van der Waals surface area (Å²) in [4.78, 5) is 25.4. The van der Waals surface area contributed by atoms with Gasteiger partial charge in [-0.15, -0.1) is 11.3 Å². The van der Waals surface area contributed by atoms with Gasteiger partial charge in [-0.2, -0.15) is 0 Å². The number of aromatic nitrogens is 3. The molecule has 2 aromatic heterocycles. The summed E-state index contributed by atoms with van der Waals surface area (Å²) >= 11 is 1.66. The third-order valence-corrected chi connectivity index (χ3v) is 5.73. The van der Waals surface area contributed by atoms with E-state index in [9.17, 15) is 4.79 Å². The summed E-state index contributed by atoms with van der Waals surface area (Å²) in [6, 6.07) is 8.39. The van der Waals surface area contributed by atoms with Crippen molar-refractivity contribution < 1.29 is 4.79 Å². The lowest BCUT2D eigenvalue weighted by molar-refractivity contribution is 0.161. The van der Waals surface area contributed by atoms with Crippen LogP contribution < -0.4 is 0 Å². The highest BCUT2D eigenvalue weighted by Crippen LogP contribution is 2.33. The summed E-state index contributed by atoms with van der Waals surface area (Å²) in [6.45, 7) is 3.97. The van der Waals surface area contributed by atoms with Crippen LogP contribution in [0.1, 0.15) is 33.6 Å². The molecule has 2 amide bonds. The summed E-state index contributed by atoms with van der Waals surface area (Å²) in [5, 5.41) is 3.16. The standard InChI is InChI=1S/C20H23N5OS/c1-14-22-16(13-27-14)11-24-9-8-21-19(24)18-12-25(20(26)23(2)3)10-15-6-4-5-7-17(15)18/h4-9,13,18H,10-12H2,1-3H3/t18-/m1/s1. The lowest BCUT2D eigenvalue weighted by Crippen LogP contribution is -2.44. The molecule has 27 heavy (non-hydrogen) atoms. The second-order valence-corrected chi connectivity index (χ2v) is 8.14. The van der Waals surface area contributed by atoms with Crippen molar-refractivity contribution in [2.75, 3.05) is 20.6 Å². The van der Waals surface area contributed by atoms with Gasteiger partial charge in [-0.3, -0.25) is 0 Å². The van der Waals surface area contributed by atoms with Gasteiger partial charge in [0.1, 0.15) is 5.82 Å². The fourth-order valence-electron chi connectivity index (χ4n) is 3.68. The molecule has 6 nitrogen and oxygen atoms in total. The molecule has 0 fully saturated rings. The van der Waals surface area contributed by atoms with Crippen molar-refractivity contribution in [1.29, 1.82) is 0 Å². The van der Waals surface area contributed by atoms with E-state index in [1.165, 1.54) is 11.1 Å². The minimum atomic E-state index is 0.0303. The molecule has 0 spiro atoms. The Morgan fingerprint density at radius 3 is 2.89 bits per heavy atom. The van der Waals surface area contributed by atoms with E-state index in [1.807, 2.05) is 30.3 Å². The molecule has 3 heterocycles. The fraction of sp³-hybridized carbons (Fsp3) is 0.350. The van der Waals surface area contributed by atoms with E-state index < -0.39 is 0 Å². The number of hydrogen-bond acceptors (Lipinski definition) is 4. The van der Waals surface area contributed by atoms with E-state index in [0.29, 0.717) is 19.6 Å². The molecule has 0 radical (unpaired) electrons. The lowest BCUT2D eigenvalue weighted by atomic mass is 9.89. The Hall–Kier alpha value is -2.67. The normalized spacial score (nSPS) is 16.3. The predicted octanol–water partition coefficient (Wildman–Crippen LogP) is 3.33. The van der Waals surface area contributed by atoms with Crippen molar-refractivity contribution in [2.24, 2.45) is 0 Å². The Morgan fingerprint density at radius 1 is 1.33 bits per heavy atom. The number of amides is 2. The average Bonchev–Trinajstić information content (AvgIpc) is 3.29. The monoisotopic (exact) mass is 381 g/mol. The minimum Gasteiger partial charge on any atom is -0.331 e. The molecule has 1 atom stereocenters. The van der Waals surface area contributed by atoms with E-state index in [0.717, 1.165) is 16.5 Å². The molecule has 1 aromatic carbocycles. The van der Waals surface area contributed by atoms with Crippen molar-refractivity contribution in [2.45, 2.75) is 25.9 Å². The highest BCUT2D eigenvalue weighted by molar-refractivity contribution is 7.09. The SMILES string of the molecule is Cc1nc(Cn2ccnc2[C@@H]2CN(C(=O)N(C)C)Cc3ccccc32)cs1. The van der Waals surface area contributed by atoms with Gasteiger partial charge in [-0.1, -0.05) is 24.3 Å². The van der Waals surface area contributed by atoms with Crippen LogP contribution in [-0.4, -0.2) is 51.0 Å². The van der Waals surface area contributed by atoms with E-state index in [2.05, 4.69) is 38.1 Å². The molecule has 0 aliphatic carbocycles. The van der Waals surface area contributed by atoms with Crippen LogP contribution in [0.25, 0.3) is 0 Å². The molecule has 1 aliphatic heterocycles. The third-order valence-electron chi connectivity index (χ3n) is 4.91. The van der Waals surface area contributed by atoms with Crippen molar-refractivity contribution in [3.63, 3.8) is 0 Å². The second-order valence-electron chi connectivity index (χ2n) is 7.08. The van der Waals surface area contributed by atoms with Crippen molar-refractivity contribution in [3.05, 3.63) is 69.7 Å². The van der Waals surface area contributed by atoms with Crippen LogP contribution in [-0.2, 0) is 13.1 Å². The molecule has 0 saturated carbocycles. The third kappa shape index (κ3) is 3.47. The Labute approximate surface area is 163 Å². The van der Waals surface area contributed by atoms with Crippen LogP contribution in [0.5, 0.6) is 0 Å². The molecule has 3 aromatic rings. The Kier molecular flexibility index (Phi) is 4.70. The van der Waals surface area contributed by atoms with Crippen LogP contribution in [0, 0.1) is 6.92 Å². The van der Waals surface area contributed by atoms with E-state index in [4.69, 9.17) is 0 Å². The van der Waals surface area contributed by atoms with Gasteiger partial charge in [0, 0.05) is 45.0 Å². The quantitative estimate of drug-likeness (QED) is 0.699. The van der Waals surface area contributed by atoms with Crippen molar-refractivity contribution in [1.82, 2.24) is 24.3 Å². The molecule has 1 aliphatic rings. The Balaban J connectivity index is 1.70. The van der Waals surface area contributed by atoms with Gasteiger partial charge in [0.2, 0.25) is 0 Å². The Morgan fingerprint density at radius 2 is 2.15 bits per heavy atom. The average molecular weight is 382 g/mol. The molecular weight excluding hydrogens is 358 g/mol. The summed E-state index contributed by atoms with van der Waals surface area (Å²) in [7, 11) is 3.59. The van der Waals surface area contributed by atoms with Crippen LogP contribution >= 0.6 is 11.3 Å². The molecule has 0 unspecified atom stereocenters. The molecule has 140 valence electrons. The number of urea groups is 1. The number of carbonyl (C=O) groups is 1. The van der Waals surface area contributed by atoms with Crippen LogP contribution in [0.3, 0.4) is 0 Å². The summed E-state index contributed by atoms with van der Waals surface area (Å²) in [5.74, 6) is 1.03. The van der Waals surface area contributed by atoms with Gasteiger partial charge in [-0.05, 0) is 18.1 Å². The smallest absolute Gasteiger partial charge is 0.319 e. The van der Waals surface area contributed by atoms with Gasteiger partial charge >= 0.3 is 6.03 Å².